The molecule has 1 saturated heterocycles. The van der Waals surface area contributed by atoms with Gasteiger partial charge in [0.1, 0.15) is 11.5 Å². The number of halogens is 1. The lowest BCUT2D eigenvalue weighted by atomic mass is 10.1. The Morgan fingerprint density at radius 1 is 1.17 bits per heavy atom. The predicted octanol–water partition coefficient (Wildman–Crippen LogP) is 5.61. The van der Waals surface area contributed by atoms with Crippen LogP contribution in [0.5, 0.6) is 0 Å². The van der Waals surface area contributed by atoms with Crippen LogP contribution in [0.3, 0.4) is 0 Å². The minimum atomic E-state index is -1.03. The van der Waals surface area contributed by atoms with Gasteiger partial charge in [-0.25, -0.2) is 9.79 Å². The van der Waals surface area contributed by atoms with E-state index < -0.39 is 5.97 Å². The first-order valence-corrected chi connectivity index (χ1v) is 10.5. The van der Waals surface area contributed by atoms with Gasteiger partial charge >= 0.3 is 5.97 Å². The molecule has 2 heterocycles. The van der Waals surface area contributed by atoms with Crippen LogP contribution in [0.1, 0.15) is 21.7 Å². The molecule has 1 aliphatic rings. The second-order valence-electron chi connectivity index (χ2n) is 6.50. The highest BCUT2D eigenvalue weighted by Gasteiger charge is 2.24. The zero-order valence-corrected chi connectivity index (χ0v) is 18.1. The maximum Gasteiger partial charge on any atom is 0.335 e. The standard InChI is InChI=1S/C22H15BrN2O4S/c1-12-2-3-14(21(27)28)10-17(12)24-22-25-20(26)19(30-22)11-16-8-9-18(29-16)13-4-6-15(23)7-5-13/h2-11H,1H3,(H,27,28)(H,24,25,26)/b19-11+. The molecule has 30 heavy (non-hydrogen) atoms. The van der Waals surface area contributed by atoms with Gasteiger partial charge in [0.25, 0.3) is 5.91 Å². The van der Waals surface area contributed by atoms with E-state index in [1.165, 1.54) is 23.9 Å². The van der Waals surface area contributed by atoms with Crippen LogP contribution in [0.15, 0.2) is 73.4 Å². The zero-order valence-electron chi connectivity index (χ0n) is 15.7. The average Bonchev–Trinajstić information content (AvgIpc) is 3.31. The normalized spacial score (nSPS) is 16.3. The van der Waals surface area contributed by atoms with E-state index in [1.807, 2.05) is 37.3 Å². The van der Waals surface area contributed by atoms with E-state index in [1.54, 1.807) is 18.2 Å². The van der Waals surface area contributed by atoms with E-state index in [-0.39, 0.29) is 11.5 Å². The van der Waals surface area contributed by atoms with Gasteiger partial charge in [0.15, 0.2) is 5.17 Å². The zero-order chi connectivity index (χ0) is 21.3. The Kier molecular flexibility index (Phi) is 5.61. The Balaban J connectivity index is 1.56. The fourth-order valence-corrected chi connectivity index (χ4v) is 3.86. The molecule has 2 N–H and O–H groups in total. The number of carbonyl (C=O) groups excluding carboxylic acids is 1. The van der Waals surface area contributed by atoms with Crippen LogP contribution in [0.2, 0.25) is 0 Å². The van der Waals surface area contributed by atoms with Crippen LogP contribution >= 0.6 is 27.7 Å². The highest BCUT2D eigenvalue weighted by Crippen LogP contribution is 2.31. The van der Waals surface area contributed by atoms with Crippen molar-refractivity contribution in [2.45, 2.75) is 6.92 Å². The van der Waals surface area contributed by atoms with Crippen molar-refractivity contribution >= 4 is 56.5 Å². The van der Waals surface area contributed by atoms with Crippen molar-refractivity contribution in [3.05, 3.63) is 80.9 Å². The number of aryl methyl sites for hydroxylation is 1. The first-order chi connectivity index (χ1) is 14.4. The molecule has 1 aliphatic heterocycles. The average molecular weight is 483 g/mol. The number of benzene rings is 2. The van der Waals surface area contributed by atoms with Crippen molar-refractivity contribution in [2.75, 3.05) is 0 Å². The van der Waals surface area contributed by atoms with Crippen LogP contribution in [0, 0.1) is 6.92 Å². The molecule has 0 spiro atoms. The molecule has 0 bridgehead atoms. The highest BCUT2D eigenvalue weighted by atomic mass is 79.9. The van der Waals surface area contributed by atoms with Gasteiger partial charge < -0.3 is 14.8 Å². The summed E-state index contributed by atoms with van der Waals surface area (Å²) in [4.78, 5) is 28.4. The molecule has 0 saturated carbocycles. The summed E-state index contributed by atoms with van der Waals surface area (Å²) in [7, 11) is 0. The second kappa shape index (κ2) is 8.33. The highest BCUT2D eigenvalue weighted by molar-refractivity contribution is 9.10. The fourth-order valence-electron chi connectivity index (χ4n) is 2.78. The first kappa shape index (κ1) is 20.2. The number of carbonyl (C=O) groups is 2. The van der Waals surface area contributed by atoms with E-state index in [9.17, 15) is 9.59 Å². The van der Waals surface area contributed by atoms with Crippen molar-refractivity contribution in [2.24, 2.45) is 4.99 Å². The fraction of sp³-hybridized carbons (Fsp3) is 0.0455. The maximum absolute atomic E-state index is 12.3. The van der Waals surface area contributed by atoms with Crippen molar-refractivity contribution in [3.63, 3.8) is 0 Å². The number of carboxylic acid groups (broad SMARTS) is 1. The molecule has 1 aromatic heterocycles. The molecule has 150 valence electrons. The van der Waals surface area contributed by atoms with Crippen LogP contribution < -0.4 is 5.32 Å². The number of furan rings is 1. The largest absolute Gasteiger partial charge is 0.478 e. The summed E-state index contributed by atoms with van der Waals surface area (Å²) in [6, 6.07) is 16.1. The minimum Gasteiger partial charge on any atom is -0.478 e. The van der Waals surface area contributed by atoms with Crippen LogP contribution in [0.25, 0.3) is 17.4 Å². The third kappa shape index (κ3) is 4.39. The van der Waals surface area contributed by atoms with E-state index in [4.69, 9.17) is 9.52 Å². The molecule has 0 unspecified atom stereocenters. The van der Waals surface area contributed by atoms with Gasteiger partial charge in [-0.2, -0.15) is 0 Å². The summed E-state index contributed by atoms with van der Waals surface area (Å²) in [6.07, 6.45) is 1.66. The van der Waals surface area contributed by atoms with Gasteiger partial charge in [0.2, 0.25) is 0 Å². The van der Waals surface area contributed by atoms with Crippen LogP contribution in [0.4, 0.5) is 5.69 Å². The van der Waals surface area contributed by atoms with Gasteiger partial charge in [0.05, 0.1) is 16.2 Å². The molecule has 1 amide bonds. The van der Waals surface area contributed by atoms with Crippen molar-refractivity contribution < 1.29 is 19.1 Å². The smallest absolute Gasteiger partial charge is 0.335 e. The molecule has 6 nitrogen and oxygen atoms in total. The first-order valence-electron chi connectivity index (χ1n) is 8.88. The van der Waals surface area contributed by atoms with E-state index >= 15 is 0 Å². The summed E-state index contributed by atoms with van der Waals surface area (Å²) in [6.45, 7) is 1.83. The third-order valence-corrected chi connectivity index (χ3v) is 5.80. The molecule has 0 radical (unpaired) electrons. The van der Waals surface area contributed by atoms with Crippen molar-refractivity contribution in [1.29, 1.82) is 0 Å². The number of amides is 1. The summed E-state index contributed by atoms with van der Waals surface area (Å²) < 4.78 is 6.83. The van der Waals surface area contributed by atoms with Crippen LogP contribution in [-0.2, 0) is 4.79 Å². The van der Waals surface area contributed by atoms with E-state index in [0.717, 1.165) is 15.6 Å². The second-order valence-corrected chi connectivity index (χ2v) is 8.44. The number of aromatic carboxylic acids is 1. The number of nitrogens with zero attached hydrogens (tertiary/aromatic N) is 1. The van der Waals surface area contributed by atoms with Gasteiger partial charge in [-0.3, -0.25) is 4.79 Å². The lowest BCUT2D eigenvalue weighted by molar-refractivity contribution is -0.115. The summed E-state index contributed by atoms with van der Waals surface area (Å²) in [5, 5.41) is 12.3. The number of hydrogen-bond donors (Lipinski definition) is 2. The Bertz CT molecular complexity index is 1210. The van der Waals surface area contributed by atoms with Crippen molar-refractivity contribution in [3.8, 4) is 11.3 Å². The number of carboxylic acids is 1. The molecule has 0 atom stereocenters. The van der Waals surface area contributed by atoms with Gasteiger partial charge in [-0.15, -0.1) is 0 Å². The summed E-state index contributed by atoms with van der Waals surface area (Å²) in [5.41, 5.74) is 2.38. The number of aliphatic imine (C=N–C) groups is 1. The topological polar surface area (TPSA) is 91.9 Å². The molecule has 2 aromatic carbocycles. The predicted molar refractivity (Wildman–Crippen MR) is 121 cm³/mol. The van der Waals surface area contributed by atoms with Crippen LogP contribution in [-0.4, -0.2) is 22.2 Å². The van der Waals surface area contributed by atoms with E-state index in [2.05, 4.69) is 26.2 Å². The minimum absolute atomic E-state index is 0.140. The molecule has 4 rings (SSSR count). The Morgan fingerprint density at radius 3 is 2.67 bits per heavy atom. The van der Waals surface area contributed by atoms with E-state index in [0.29, 0.717) is 27.3 Å². The number of amidine groups is 1. The van der Waals surface area contributed by atoms with Gasteiger partial charge in [-0.1, -0.05) is 34.1 Å². The Morgan fingerprint density at radius 2 is 1.93 bits per heavy atom. The van der Waals surface area contributed by atoms with Gasteiger partial charge in [-0.05, 0) is 60.6 Å². The van der Waals surface area contributed by atoms with Crippen molar-refractivity contribution in [1.82, 2.24) is 5.32 Å². The summed E-state index contributed by atoms with van der Waals surface area (Å²) >= 11 is 4.58. The maximum atomic E-state index is 12.3. The molecular formula is C22H15BrN2O4S. The Hall–Kier alpha value is -3.10. The third-order valence-electron chi connectivity index (χ3n) is 4.36. The molecule has 8 heteroatoms. The molecule has 0 aliphatic carbocycles. The Labute approximate surface area is 184 Å². The number of rotatable bonds is 4. The number of thioether (sulfide) groups is 1. The lowest BCUT2D eigenvalue weighted by Crippen LogP contribution is -2.19. The summed E-state index contributed by atoms with van der Waals surface area (Å²) in [5.74, 6) is -0.0597. The monoisotopic (exact) mass is 482 g/mol. The number of nitrogens with one attached hydrogen (secondary N) is 1. The van der Waals surface area contributed by atoms with Gasteiger partial charge in [0, 0.05) is 16.1 Å². The lowest BCUT2D eigenvalue weighted by Gasteiger charge is -2.03. The molecule has 3 aromatic rings. The molecule has 1 fully saturated rings. The SMILES string of the molecule is Cc1ccc(C(=O)O)cc1N=C1NC(=O)/C(=C\c2ccc(-c3ccc(Br)cc3)o2)S1. The quantitative estimate of drug-likeness (QED) is 0.471. The number of hydrogen-bond acceptors (Lipinski definition) is 5. The molecular weight excluding hydrogens is 468 g/mol.